The zero-order valence-electron chi connectivity index (χ0n) is 32.4. The van der Waals surface area contributed by atoms with E-state index in [9.17, 15) is 24.2 Å². The maximum atomic E-state index is 12.5. The van der Waals surface area contributed by atoms with E-state index in [4.69, 9.17) is 24.3 Å². The standard InChI is InChI=1S/C41H72NO9P/c1-3-5-6-7-8-9-10-12-17-20-23-26-29-33-41(45)51-39(37-50-52(46,47)49-35-34-42)36-48-40(44)32-28-25-22-19-16-14-11-13-15-18-21-24-27-31-38(43)30-4-2/h9-11,14-15,18-19,22,24,27,38-39,43H,3-8,12-13,16-17,20-21,23,25-26,28-37,42H2,1-2H3,(H,46,47)/b10-9-,14-11-,18-15-,22-19-,27-24-/t38?,39-/m1/s1. The fraction of sp³-hybridized carbons (Fsp3) is 0.707. The summed E-state index contributed by atoms with van der Waals surface area (Å²) in [4.78, 5) is 34.7. The molecule has 0 amide bonds. The summed E-state index contributed by atoms with van der Waals surface area (Å²) in [7, 11) is -4.40. The predicted molar refractivity (Wildman–Crippen MR) is 212 cm³/mol. The first-order chi connectivity index (χ1) is 25.2. The van der Waals surface area contributed by atoms with E-state index in [-0.39, 0.29) is 38.7 Å². The van der Waals surface area contributed by atoms with Gasteiger partial charge < -0.3 is 25.2 Å². The average Bonchev–Trinajstić information content (AvgIpc) is 3.12. The summed E-state index contributed by atoms with van der Waals surface area (Å²) in [5.41, 5.74) is 5.33. The Balaban J connectivity index is 4.34. The molecule has 0 aliphatic heterocycles. The summed E-state index contributed by atoms with van der Waals surface area (Å²) in [6, 6.07) is 0. The lowest BCUT2D eigenvalue weighted by molar-refractivity contribution is -0.161. The highest BCUT2D eigenvalue weighted by Crippen LogP contribution is 2.43. The summed E-state index contributed by atoms with van der Waals surface area (Å²) >= 11 is 0. The number of aliphatic hydroxyl groups excluding tert-OH is 1. The minimum Gasteiger partial charge on any atom is -0.462 e. The molecule has 0 radical (unpaired) electrons. The van der Waals surface area contributed by atoms with Gasteiger partial charge in [0.15, 0.2) is 6.10 Å². The SMILES string of the molecule is CCCCCC/C=C\CCCCCCCC(=O)O[C@H](COC(=O)CCC/C=C\C/C=C\C/C=C\C/C=C\CC(O)CCC)COP(=O)(O)OCCN. The number of unbranched alkanes of at least 4 members (excludes halogenated alkanes) is 10. The van der Waals surface area contributed by atoms with Gasteiger partial charge in [0.2, 0.25) is 0 Å². The molecule has 0 spiro atoms. The summed E-state index contributed by atoms with van der Waals surface area (Å²) in [5, 5.41) is 9.71. The number of phosphoric acid groups is 1. The zero-order chi connectivity index (χ0) is 38.4. The van der Waals surface area contributed by atoms with Crippen LogP contribution in [0, 0.1) is 0 Å². The number of hydrogen-bond acceptors (Lipinski definition) is 9. The van der Waals surface area contributed by atoms with Gasteiger partial charge in [0, 0.05) is 19.4 Å². The van der Waals surface area contributed by atoms with Gasteiger partial charge in [-0.3, -0.25) is 18.6 Å². The van der Waals surface area contributed by atoms with Crippen molar-refractivity contribution in [2.75, 3.05) is 26.4 Å². The molecule has 0 saturated heterocycles. The van der Waals surface area contributed by atoms with Crippen LogP contribution in [0.1, 0.15) is 149 Å². The van der Waals surface area contributed by atoms with Gasteiger partial charge in [0.25, 0.3) is 0 Å². The molecule has 0 aliphatic rings. The number of carbonyl (C=O) groups is 2. The van der Waals surface area contributed by atoms with E-state index in [2.05, 4.69) is 62.5 Å². The molecule has 0 rings (SSSR count). The maximum absolute atomic E-state index is 12.5. The summed E-state index contributed by atoms with van der Waals surface area (Å²) < 4.78 is 32.6. The van der Waals surface area contributed by atoms with Gasteiger partial charge >= 0.3 is 19.8 Å². The third-order valence-corrected chi connectivity index (χ3v) is 8.92. The number of phosphoric ester groups is 1. The minimum absolute atomic E-state index is 0.0366. The second kappa shape index (κ2) is 37.0. The first-order valence-electron chi connectivity index (χ1n) is 19.8. The Morgan fingerprint density at radius 3 is 1.83 bits per heavy atom. The summed E-state index contributed by atoms with van der Waals surface area (Å²) in [6.07, 6.45) is 38.9. The van der Waals surface area contributed by atoms with Gasteiger partial charge in [0.1, 0.15) is 6.61 Å². The quantitative estimate of drug-likeness (QED) is 0.0244. The zero-order valence-corrected chi connectivity index (χ0v) is 33.3. The first-order valence-corrected chi connectivity index (χ1v) is 21.3. The second-order valence-electron chi connectivity index (χ2n) is 13.0. The Morgan fingerprint density at radius 2 is 1.19 bits per heavy atom. The van der Waals surface area contributed by atoms with E-state index in [0.29, 0.717) is 25.7 Å². The Labute approximate surface area is 315 Å². The molecule has 0 fully saturated rings. The highest BCUT2D eigenvalue weighted by atomic mass is 31.2. The summed E-state index contributed by atoms with van der Waals surface area (Å²) in [5.74, 6) is -0.931. The molecule has 0 aromatic carbocycles. The van der Waals surface area contributed by atoms with Crippen LogP contribution in [0.25, 0.3) is 0 Å². The van der Waals surface area contributed by atoms with Crippen molar-refractivity contribution in [3.05, 3.63) is 60.8 Å². The average molecular weight is 754 g/mol. The Bertz CT molecular complexity index is 1060. The Morgan fingerprint density at radius 1 is 0.654 bits per heavy atom. The molecular weight excluding hydrogens is 681 g/mol. The van der Waals surface area contributed by atoms with E-state index in [1.54, 1.807) is 0 Å². The molecule has 0 aromatic rings. The van der Waals surface area contributed by atoms with Crippen LogP contribution in [-0.4, -0.2) is 60.5 Å². The molecule has 10 nitrogen and oxygen atoms in total. The van der Waals surface area contributed by atoms with Crippen molar-refractivity contribution in [3.63, 3.8) is 0 Å². The van der Waals surface area contributed by atoms with Crippen molar-refractivity contribution in [2.24, 2.45) is 5.73 Å². The van der Waals surface area contributed by atoms with Crippen molar-refractivity contribution in [3.8, 4) is 0 Å². The number of rotatable bonds is 36. The van der Waals surface area contributed by atoms with Crippen LogP contribution < -0.4 is 5.73 Å². The van der Waals surface area contributed by atoms with Crippen LogP contribution in [-0.2, 0) is 32.7 Å². The molecule has 3 atom stereocenters. The van der Waals surface area contributed by atoms with Crippen molar-refractivity contribution >= 4 is 19.8 Å². The number of aliphatic hydroxyl groups is 1. The van der Waals surface area contributed by atoms with Crippen molar-refractivity contribution in [1.82, 2.24) is 0 Å². The van der Waals surface area contributed by atoms with E-state index >= 15 is 0 Å². The molecule has 0 heterocycles. The lowest BCUT2D eigenvalue weighted by atomic mass is 10.1. The van der Waals surface area contributed by atoms with E-state index < -0.39 is 32.5 Å². The number of nitrogens with two attached hydrogens (primary N) is 1. The number of carbonyl (C=O) groups excluding carboxylic acids is 2. The van der Waals surface area contributed by atoms with Crippen LogP contribution in [0.5, 0.6) is 0 Å². The molecule has 0 bridgehead atoms. The lowest BCUT2D eigenvalue weighted by Crippen LogP contribution is -2.29. The van der Waals surface area contributed by atoms with Crippen LogP contribution in [0.4, 0.5) is 0 Å². The van der Waals surface area contributed by atoms with Crippen LogP contribution in [0.15, 0.2) is 60.8 Å². The molecule has 2 unspecified atom stereocenters. The molecular formula is C41H72NO9P. The van der Waals surface area contributed by atoms with Crippen LogP contribution >= 0.6 is 7.82 Å². The van der Waals surface area contributed by atoms with Crippen molar-refractivity contribution < 1.29 is 42.7 Å². The van der Waals surface area contributed by atoms with E-state index in [0.717, 1.165) is 70.6 Å². The van der Waals surface area contributed by atoms with Gasteiger partial charge in [-0.2, -0.15) is 0 Å². The first kappa shape index (κ1) is 49.7. The minimum atomic E-state index is -4.40. The molecule has 0 saturated carbocycles. The largest absolute Gasteiger partial charge is 0.472 e. The smallest absolute Gasteiger partial charge is 0.462 e. The normalized spacial score (nSPS) is 14.6. The molecule has 0 aromatic heterocycles. The van der Waals surface area contributed by atoms with E-state index in [1.165, 1.54) is 25.7 Å². The van der Waals surface area contributed by atoms with Gasteiger partial charge in [-0.25, -0.2) is 4.57 Å². The lowest BCUT2D eigenvalue weighted by Gasteiger charge is -2.19. The maximum Gasteiger partial charge on any atom is 0.472 e. The third-order valence-electron chi connectivity index (χ3n) is 7.93. The molecule has 300 valence electrons. The fourth-order valence-electron chi connectivity index (χ4n) is 4.99. The Kier molecular flexibility index (Phi) is 35.3. The molecule has 11 heteroatoms. The number of hydrogen-bond donors (Lipinski definition) is 3. The second-order valence-corrected chi connectivity index (χ2v) is 14.4. The van der Waals surface area contributed by atoms with Crippen molar-refractivity contribution in [2.45, 2.75) is 161 Å². The molecule has 52 heavy (non-hydrogen) atoms. The van der Waals surface area contributed by atoms with Gasteiger partial charge in [-0.1, -0.05) is 120 Å². The molecule has 4 N–H and O–H groups in total. The van der Waals surface area contributed by atoms with Crippen LogP contribution in [0.3, 0.4) is 0 Å². The van der Waals surface area contributed by atoms with Gasteiger partial charge in [-0.15, -0.1) is 0 Å². The number of ether oxygens (including phenoxy) is 2. The molecule has 0 aliphatic carbocycles. The number of esters is 2. The third kappa shape index (κ3) is 36.0. The topological polar surface area (TPSA) is 155 Å². The highest BCUT2D eigenvalue weighted by Gasteiger charge is 2.25. The summed E-state index contributed by atoms with van der Waals surface area (Å²) in [6.45, 7) is 3.41. The fourth-order valence-corrected chi connectivity index (χ4v) is 5.75. The monoisotopic (exact) mass is 753 g/mol. The Hall–Kier alpha value is -2.33. The highest BCUT2D eigenvalue weighted by molar-refractivity contribution is 7.47. The van der Waals surface area contributed by atoms with E-state index in [1.807, 2.05) is 12.2 Å². The number of allylic oxidation sites excluding steroid dienone is 9. The van der Waals surface area contributed by atoms with Gasteiger partial charge in [-0.05, 0) is 77.0 Å². The van der Waals surface area contributed by atoms with Crippen molar-refractivity contribution in [1.29, 1.82) is 0 Å². The van der Waals surface area contributed by atoms with Crippen LogP contribution in [0.2, 0.25) is 0 Å². The predicted octanol–water partition coefficient (Wildman–Crippen LogP) is 9.91. The van der Waals surface area contributed by atoms with Gasteiger partial charge in [0.05, 0.1) is 19.3 Å².